The molecule has 0 radical (unpaired) electrons. The van der Waals surface area contributed by atoms with Gasteiger partial charge in [-0.05, 0) is 42.0 Å². The van der Waals surface area contributed by atoms with Crippen LogP contribution in [0, 0.1) is 0 Å². The zero-order chi connectivity index (χ0) is 14.7. The van der Waals surface area contributed by atoms with Crippen LogP contribution in [-0.2, 0) is 11.2 Å². The quantitative estimate of drug-likeness (QED) is 0.773. The average molecular weight is 278 g/mol. The van der Waals surface area contributed by atoms with E-state index in [2.05, 4.69) is 10.3 Å². The van der Waals surface area contributed by atoms with Crippen molar-refractivity contribution in [2.24, 2.45) is 0 Å². The molecule has 3 rings (SSSR count). The van der Waals surface area contributed by atoms with E-state index in [4.69, 9.17) is 0 Å². The largest absolute Gasteiger partial charge is 0.508 e. The van der Waals surface area contributed by atoms with E-state index in [-0.39, 0.29) is 18.1 Å². The van der Waals surface area contributed by atoms with Gasteiger partial charge in [0.2, 0.25) is 5.91 Å². The maximum Gasteiger partial charge on any atom is 0.228 e. The van der Waals surface area contributed by atoms with Gasteiger partial charge in [0.25, 0.3) is 0 Å². The molecule has 104 valence electrons. The molecule has 2 N–H and O–H groups in total. The standard InChI is InChI=1S/C17H14N2O2/c20-15-5-1-3-12(9-15)10-17(21)19-14-6-7-16-13(11-14)4-2-8-18-16/h1-9,11,20H,10H2,(H,19,21). The smallest absolute Gasteiger partial charge is 0.228 e. The molecule has 4 heteroatoms. The van der Waals surface area contributed by atoms with E-state index in [1.807, 2.05) is 36.4 Å². The number of nitrogens with one attached hydrogen (secondary N) is 1. The normalized spacial score (nSPS) is 10.5. The number of rotatable bonds is 3. The van der Waals surface area contributed by atoms with Crippen LogP contribution in [0.3, 0.4) is 0 Å². The molecule has 0 aliphatic carbocycles. The third-order valence-corrected chi connectivity index (χ3v) is 3.16. The van der Waals surface area contributed by atoms with Crippen molar-refractivity contribution < 1.29 is 9.90 Å². The van der Waals surface area contributed by atoms with Gasteiger partial charge in [-0.2, -0.15) is 0 Å². The summed E-state index contributed by atoms with van der Waals surface area (Å²) in [6.07, 6.45) is 1.96. The maximum absolute atomic E-state index is 12.0. The molecule has 0 atom stereocenters. The van der Waals surface area contributed by atoms with Gasteiger partial charge in [0, 0.05) is 17.3 Å². The molecule has 2 aromatic carbocycles. The van der Waals surface area contributed by atoms with Crippen molar-refractivity contribution in [1.29, 1.82) is 0 Å². The summed E-state index contributed by atoms with van der Waals surface area (Å²) in [6, 6.07) is 16.1. The summed E-state index contributed by atoms with van der Waals surface area (Å²) < 4.78 is 0. The topological polar surface area (TPSA) is 62.2 Å². The highest BCUT2D eigenvalue weighted by Crippen LogP contribution is 2.17. The Morgan fingerprint density at radius 1 is 1.10 bits per heavy atom. The molecule has 0 fully saturated rings. The number of benzene rings is 2. The fraction of sp³-hybridized carbons (Fsp3) is 0.0588. The Kier molecular flexibility index (Phi) is 3.51. The number of anilines is 1. The third-order valence-electron chi connectivity index (χ3n) is 3.16. The summed E-state index contributed by atoms with van der Waals surface area (Å²) in [5.41, 5.74) is 2.40. The molecule has 0 unspecified atom stereocenters. The van der Waals surface area contributed by atoms with E-state index in [0.29, 0.717) is 0 Å². The lowest BCUT2D eigenvalue weighted by Crippen LogP contribution is -2.14. The van der Waals surface area contributed by atoms with E-state index >= 15 is 0 Å². The zero-order valence-corrected chi connectivity index (χ0v) is 11.3. The Labute approximate surface area is 122 Å². The van der Waals surface area contributed by atoms with Crippen LogP contribution in [0.4, 0.5) is 5.69 Å². The van der Waals surface area contributed by atoms with E-state index in [1.165, 1.54) is 0 Å². The monoisotopic (exact) mass is 278 g/mol. The summed E-state index contributed by atoms with van der Waals surface area (Å²) in [5.74, 6) is 0.0425. The molecule has 1 heterocycles. The van der Waals surface area contributed by atoms with Gasteiger partial charge in [0.15, 0.2) is 0 Å². The molecule has 1 aromatic heterocycles. The fourth-order valence-corrected chi connectivity index (χ4v) is 2.21. The van der Waals surface area contributed by atoms with E-state index in [9.17, 15) is 9.90 Å². The summed E-state index contributed by atoms with van der Waals surface area (Å²) in [6.45, 7) is 0. The fourth-order valence-electron chi connectivity index (χ4n) is 2.21. The number of nitrogens with zero attached hydrogens (tertiary/aromatic N) is 1. The number of aromatic hydroxyl groups is 1. The minimum absolute atomic E-state index is 0.121. The molecule has 4 nitrogen and oxygen atoms in total. The van der Waals surface area contributed by atoms with Crippen molar-refractivity contribution >= 4 is 22.5 Å². The Balaban J connectivity index is 1.74. The van der Waals surface area contributed by atoms with Crippen LogP contribution in [0.15, 0.2) is 60.8 Å². The predicted molar refractivity (Wildman–Crippen MR) is 82.2 cm³/mol. The first-order valence-corrected chi connectivity index (χ1v) is 6.63. The van der Waals surface area contributed by atoms with Crippen LogP contribution >= 0.6 is 0 Å². The van der Waals surface area contributed by atoms with Crippen molar-refractivity contribution in [1.82, 2.24) is 4.98 Å². The minimum Gasteiger partial charge on any atom is -0.508 e. The lowest BCUT2D eigenvalue weighted by atomic mass is 10.1. The molecule has 0 aliphatic heterocycles. The van der Waals surface area contributed by atoms with Gasteiger partial charge in [-0.1, -0.05) is 18.2 Å². The first-order valence-electron chi connectivity index (χ1n) is 6.63. The van der Waals surface area contributed by atoms with Gasteiger partial charge in [-0.3, -0.25) is 9.78 Å². The SMILES string of the molecule is O=C(Cc1cccc(O)c1)Nc1ccc2ncccc2c1. The minimum atomic E-state index is -0.121. The van der Waals surface area contributed by atoms with E-state index in [0.717, 1.165) is 22.2 Å². The van der Waals surface area contributed by atoms with Crippen LogP contribution in [-0.4, -0.2) is 16.0 Å². The second-order valence-electron chi connectivity index (χ2n) is 4.81. The second kappa shape index (κ2) is 5.63. The molecule has 0 saturated carbocycles. The number of carbonyl (C=O) groups excluding carboxylic acids is 1. The lowest BCUT2D eigenvalue weighted by Gasteiger charge is -2.06. The van der Waals surface area contributed by atoms with Crippen LogP contribution in [0.1, 0.15) is 5.56 Å². The number of carbonyl (C=O) groups is 1. The molecular weight excluding hydrogens is 264 g/mol. The molecule has 1 amide bonds. The summed E-state index contributed by atoms with van der Waals surface area (Å²) in [4.78, 5) is 16.3. The maximum atomic E-state index is 12.0. The van der Waals surface area contributed by atoms with Gasteiger partial charge in [0.05, 0.1) is 11.9 Å². The Hall–Kier alpha value is -2.88. The van der Waals surface area contributed by atoms with Gasteiger partial charge in [-0.25, -0.2) is 0 Å². The molecule has 0 saturated heterocycles. The van der Waals surface area contributed by atoms with Gasteiger partial charge in [0.1, 0.15) is 5.75 Å². The average Bonchev–Trinajstić information content (AvgIpc) is 2.47. The number of phenolic OH excluding ortho intramolecular Hbond substituents is 1. The van der Waals surface area contributed by atoms with Crippen LogP contribution in [0.5, 0.6) is 5.75 Å². The number of fused-ring (bicyclic) bond motifs is 1. The highest BCUT2D eigenvalue weighted by Gasteiger charge is 2.05. The van der Waals surface area contributed by atoms with Crippen molar-refractivity contribution in [3.8, 4) is 5.75 Å². The van der Waals surface area contributed by atoms with Crippen LogP contribution in [0.2, 0.25) is 0 Å². The number of amides is 1. The van der Waals surface area contributed by atoms with E-state index in [1.54, 1.807) is 24.4 Å². The molecule has 21 heavy (non-hydrogen) atoms. The summed E-state index contributed by atoms with van der Waals surface area (Å²) in [7, 11) is 0. The Morgan fingerprint density at radius 2 is 2.00 bits per heavy atom. The third kappa shape index (κ3) is 3.17. The van der Waals surface area contributed by atoms with Gasteiger partial charge >= 0.3 is 0 Å². The van der Waals surface area contributed by atoms with Gasteiger partial charge in [-0.15, -0.1) is 0 Å². The Morgan fingerprint density at radius 3 is 2.86 bits per heavy atom. The Bertz CT molecular complexity index is 799. The van der Waals surface area contributed by atoms with Crippen molar-refractivity contribution in [3.63, 3.8) is 0 Å². The number of aromatic nitrogens is 1. The second-order valence-corrected chi connectivity index (χ2v) is 4.81. The highest BCUT2D eigenvalue weighted by molar-refractivity contribution is 5.94. The number of hydrogen-bond donors (Lipinski definition) is 2. The van der Waals surface area contributed by atoms with Crippen LogP contribution in [0.25, 0.3) is 10.9 Å². The number of pyridine rings is 1. The van der Waals surface area contributed by atoms with Crippen molar-refractivity contribution in [2.75, 3.05) is 5.32 Å². The van der Waals surface area contributed by atoms with Gasteiger partial charge < -0.3 is 10.4 Å². The molecular formula is C17H14N2O2. The molecule has 0 aliphatic rings. The molecule has 0 bridgehead atoms. The predicted octanol–water partition coefficient (Wildman–Crippen LogP) is 3.12. The van der Waals surface area contributed by atoms with Crippen molar-refractivity contribution in [3.05, 3.63) is 66.4 Å². The first kappa shape index (κ1) is 13.1. The van der Waals surface area contributed by atoms with Crippen LogP contribution < -0.4 is 5.32 Å². The zero-order valence-electron chi connectivity index (χ0n) is 11.3. The first-order chi connectivity index (χ1) is 10.2. The van der Waals surface area contributed by atoms with E-state index < -0.39 is 0 Å². The summed E-state index contributed by atoms with van der Waals surface area (Å²) in [5, 5.41) is 13.2. The molecule has 3 aromatic rings. The highest BCUT2D eigenvalue weighted by atomic mass is 16.3. The number of phenols is 1. The molecule has 0 spiro atoms. The lowest BCUT2D eigenvalue weighted by molar-refractivity contribution is -0.115. The number of hydrogen-bond acceptors (Lipinski definition) is 3. The van der Waals surface area contributed by atoms with Crippen molar-refractivity contribution in [2.45, 2.75) is 6.42 Å². The summed E-state index contributed by atoms with van der Waals surface area (Å²) >= 11 is 0.